The maximum absolute atomic E-state index is 12.4. The largest absolute Gasteiger partial charge is 0.497 e. The van der Waals surface area contributed by atoms with E-state index in [4.69, 9.17) is 18.9 Å². The number of esters is 3. The molecule has 25 heavy (non-hydrogen) atoms. The normalized spacial score (nSPS) is 25.1. The van der Waals surface area contributed by atoms with Crippen LogP contribution < -0.4 is 10.1 Å². The van der Waals surface area contributed by atoms with Crippen molar-refractivity contribution < 1.29 is 33.3 Å². The molecule has 1 N–H and O–H groups in total. The lowest BCUT2D eigenvalue weighted by Gasteiger charge is -2.21. The lowest BCUT2D eigenvalue weighted by molar-refractivity contribution is -0.159. The third-order valence-corrected chi connectivity index (χ3v) is 4.34. The molecule has 0 radical (unpaired) electrons. The van der Waals surface area contributed by atoms with E-state index in [0.717, 1.165) is 0 Å². The van der Waals surface area contributed by atoms with Gasteiger partial charge in [-0.3, -0.25) is 19.7 Å². The van der Waals surface area contributed by atoms with E-state index in [1.807, 2.05) is 0 Å². The molecule has 1 saturated heterocycles. The van der Waals surface area contributed by atoms with Gasteiger partial charge in [-0.1, -0.05) is 12.1 Å². The van der Waals surface area contributed by atoms with Crippen molar-refractivity contribution >= 4 is 17.9 Å². The second-order valence-corrected chi connectivity index (χ2v) is 5.52. The first kappa shape index (κ1) is 18.7. The SMILES string of the molecule is COC(=O)[C@@H]1[C@H](C(=O)OC)[C@H](C(=O)OC)N[C@@H]1c1ccc(OC)cc1. The molecule has 4 atom stereocenters. The predicted molar refractivity (Wildman–Crippen MR) is 85.7 cm³/mol. The highest BCUT2D eigenvalue weighted by atomic mass is 16.5. The Kier molecular flexibility index (Phi) is 5.97. The number of methoxy groups -OCH3 is 4. The fraction of sp³-hybridized carbons (Fsp3) is 0.471. The van der Waals surface area contributed by atoms with Crippen LogP contribution in [0.5, 0.6) is 5.75 Å². The molecule has 1 aliphatic rings. The molecule has 0 unspecified atom stereocenters. The Hall–Kier alpha value is -2.61. The molecule has 0 bridgehead atoms. The third kappa shape index (κ3) is 3.58. The van der Waals surface area contributed by atoms with Crippen molar-refractivity contribution in [2.45, 2.75) is 12.1 Å². The first-order chi connectivity index (χ1) is 12.0. The monoisotopic (exact) mass is 351 g/mol. The zero-order valence-electron chi connectivity index (χ0n) is 14.5. The molecule has 1 fully saturated rings. The van der Waals surface area contributed by atoms with Crippen LogP contribution in [-0.4, -0.2) is 52.4 Å². The highest BCUT2D eigenvalue weighted by Gasteiger charge is 2.55. The van der Waals surface area contributed by atoms with Crippen LogP contribution in [0, 0.1) is 11.8 Å². The summed E-state index contributed by atoms with van der Waals surface area (Å²) in [7, 11) is 5.19. The Morgan fingerprint density at radius 2 is 1.32 bits per heavy atom. The van der Waals surface area contributed by atoms with Crippen molar-refractivity contribution in [3.05, 3.63) is 29.8 Å². The summed E-state index contributed by atoms with van der Waals surface area (Å²) in [5, 5.41) is 3.01. The Labute approximate surface area is 145 Å². The average molecular weight is 351 g/mol. The summed E-state index contributed by atoms with van der Waals surface area (Å²) < 4.78 is 19.5. The molecule has 8 heteroatoms. The fourth-order valence-corrected chi connectivity index (χ4v) is 3.11. The first-order valence-electron chi connectivity index (χ1n) is 7.62. The summed E-state index contributed by atoms with van der Waals surface area (Å²) in [6.07, 6.45) is 0. The molecule has 1 aromatic rings. The first-order valence-corrected chi connectivity index (χ1v) is 7.62. The summed E-state index contributed by atoms with van der Waals surface area (Å²) in [6, 6.07) is 5.31. The van der Waals surface area contributed by atoms with E-state index in [1.54, 1.807) is 31.4 Å². The highest BCUT2D eigenvalue weighted by Crippen LogP contribution is 2.39. The van der Waals surface area contributed by atoms with Gasteiger partial charge in [0.2, 0.25) is 0 Å². The van der Waals surface area contributed by atoms with E-state index in [0.29, 0.717) is 11.3 Å². The van der Waals surface area contributed by atoms with Gasteiger partial charge in [0.15, 0.2) is 0 Å². The van der Waals surface area contributed by atoms with Crippen LogP contribution in [-0.2, 0) is 28.6 Å². The Bertz CT molecular complexity index is 643. The van der Waals surface area contributed by atoms with Gasteiger partial charge in [-0.25, -0.2) is 0 Å². The highest BCUT2D eigenvalue weighted by molar-refractivity contribution is 5.91. The van der Waals surface area contributed by atoms with E-state index in [9.17, 15) is 14.4 Å². The van der Waals surface area contributed by atoms with Crippen molar-refractivity contribution in [2.24, 2.45) is 11.8 Å². The molecule has 0 spiro atoms. The van der Waals surface area contributed by atoms with Crippen LogP contribution in [0.15, 0.2) is 24.3 Å². The Balaban J connectivity index is 2.47. The number of benzene rings is 1. The topological polar surface area (TPSA) is 100 Å². The summed E-state index contributed by atoms with van der Waals surface area (Å²) >= 11 is 0. The summed E-state index contributed by atoms with van der Waals surface area (Å²) in [4.78, 5) is 36.7. The maximum atomic E-state index is 12.4. The third-order valence-electron chi connectivity index (χ3n) is 4.34. The molecule has 0 amide bonds. The molecule has 0 aliphatic carbocycles. The van der Waals surface area contributed by atoms with E-state index in [2.05, 4.69) is 5.32 Å². The number of hydrogen-bond donors (Lipinski definition) is 1. The zero-order valence-corrected chi connectivity index (χ0v) is 14.5. The number of carbonyl (C=O) groups is 3. The van der Waals surface area contributed by atoms with Crippen LogP contribution in [0.2, 0.25) is 0 Å². The molecule has 1 aromatic carbocycles. The van der Waals surface area contributed by atoms with Crippen LogP contribution in [0.4, 0.5) is 0 Å². The zero-order chi connectivity index (χ0) is 18.6. The molecular weight excluding hydrogens is 330 g/mol. The summed E-state index contributed by atoms with van der Waals surface area (Å²) in [6.45, 7) is 0. The Morgan fingerprint density at radius 1 is 0.800 bits per heavy atom. The lowest BCUT2D eigenvalue weighted by atomic mass is 9.84. The van der Waals surface area contributed by atoms with Crippen molar-refractivity contribution in [2.75, 3.05) is 28.4 Å². The van der Waals surface area contributed by atoms with Gasteiger partial charge in [0.05, 0.1) is 40.3 Å². The molecule has 0 aromatic heterocycles. The van der Waals surface area contributed by atoms with Crippen molar-refractivity contribution in [3.63, 3.8) is 0 Å². The molecule has 1 aliphatic heterocycles. The molecule has 8 nitrogen and oxygen atoms in total. The van der Waals surface area contributed by atoms with Gasteiger partial charge in [-0.15, -0.1) is 0 Å². The number of hydrogen-bond acceptors (Lipinski definition) is 8. The van der Waals surface area contributed by atoms with Gasteiger partial charge in [0.25, 0.3) is 0 Å². The molecule has 2 rings (SSSR count). The van der Waals surface area contributed by atoms with E-state index in [-0.39, 0.29) is 0 Å². The number of carbonyl (C=O) groups excluding carboxylic acids is 3. The van der Waals surface area contributed by atoms with Gasteiger partial charge in [-0.05, 0) is 17.7 Å². The van der Waals surface area contributed by atoms with Gasteiger partial charge < -0.3 is 18.9 Å². The fourth-order valence-electron chi connectivity index (χ4n) is 3.11. The van der Waals surface area contributed by atoms with Crippen molar-refractivity contribution in [3.8, 4) is 5.75 Å². The van der Waals surface area contributed by atoms with E-state index in [1.165, 1.54) is 21.3 Å². The van der Waals surface area contributed by atoms with Crippen molar-refractivity contribution in [1.29, 1.82) is 0 Å². The Morgan fingerprint density at radius 3 is 1.80 bits per heavy atom. The van der Waals surface area contributed by atoms with E-state index < -0.39 is 41.8 Å². The predicted octanol–water partition coefficient (Wildman–Crippen LogP) is 0.460. The molecule has 0 saturated carbocycles. The molecule has 1 heterocycles. The minimum absolute atomic E-state index is 0.616. The smallest absolute Gasteiger partial charge is 0.323 e. The van der Waals surface area contributed by atoms with Crippen LogP contribution in [0.3, 0.4) is 0 Å². The van der Waals surface area contributed by atoms with Crippen LogP contribution >= 0.6 is 0 Å². The average Bonchev–Trinajstić information content (AvgIpc) is 3.06. The number of rotatable bonds is 5. The maximum Gasteiger partial charge on any atom is 0.323 e. The van der Waals surface area contributed by atoms with Gasteiger partial charge in [0.1, 0.15) is 11.8 Å². The number of nitrogens with one attached hydrogen (secondary N) is 1. The van der Waals surface area contributed by atoms with Crippen LogP contribution in [0.1, 0.15) is 11.6 Å². The number of ether oxygens (including phenoxy) is 4. The van der Waals surface area contributed by atoms with Gasteiger partial charge in [0, 0.05) is 6.04 Å². The molecular formula is C17H21NO7. The van der Waals surface area contributed by atoms with Crippen LogP contribution in [0.25, 0.3) is 0 Å². The van der Waals surface area contributed by atoms with Gasteiger partial charge >= 0.3 is 17.9 Å². The standard InChI is InChI=1S/C17H21NO7/c1-22-10-7-5-9(6-8-10)13-11(15(19)23-2)12(16(20)24-3)14(18-13)17(21)25-4/h5-8,11-14,18H,1-4H3/t11-,12+,13-,14-/m1/s1. The lowest BCUT2D eigenvalue weighted by Crippen LogP contribution is -2.42. The minimum atomic E-state index is -1.06. The summed E-state index contributed by atoms with van der Waals surface area (Å²) in [5.41, 5.74) is 0.705. The van der Waals surface area contributed by atoms with E-state index >= 15 is 0 Å². The minimum Gasteiger partial charge on any atom is -0.497 e. The molecule has 136 valence electrons. The summed E-state index contributed by atoms with van der Waals surface area (Å²) in [5.74, 6) is -3.30. The van der Waals surface area contributed by atoms with Gasteiger partial charge in [-0.2, -0.15) is 0 Å². The second kappa shape index (κ2) is 7.98. The second-order valence-electron chi connectivity index (χ2n) is 5.52. The quantitative estimate of drug-likeness (QED) is 0.603. The van der Waals surface area contributed by atoms with Crippen molar-refractivity contribution in [1.82, 2.24) is 5.32 Å².